The minimum Gasteiger partial charge on any atom is -0.357 e. The Hall–Kier alpha value is -1.59. The molecular formula is C21H37N5. The standard InChI is InChI=1S/C21H37N5/c1-5-18(3)24-21(22-6-2)23-16-19-8-10-20(11-9-19)17-26-13-7-12-25(4)14-15-26/h8-11,18H,5-7,12-17H2,1-4H3,(H2,22,23,24). The predicted molar refractivity (Wildman–Crippen MR) is 112 cm³/mol. The van der Waals surface area contributed by atoms with Gasteiger partial charge in [0, 0.05) is 32.2 Å². The van der Waals surface area contributed by atoms with E-state index >= 15 is 0 Å². The largest absolute Gasteiger partial charge is 0.357 e. The highest BCUT2D eigenvalue weighted by molar-refractivity contribution is 5.80. The summed E-state index contributed by atoms with van der Waals surface area (Å²) in [6.45, 7) is 13.9. The number of nitrogens with one attached hydrogen (secondary N) is 2. The first kappa shape index (κ1) is 20.7. The number of benzene rings is 1. The van der Waals surface area contributed by atoms with Crippen LogP contribution in [0.25, 0.3) is 0 Å². The van der Waals surface area contributed by atoms with E-state index < -0.39 is 0 Å². The number of hydrogen-bond donors (Lipinski definition) is 2. The lowest BCUT2D eigenvalue weighted by Gasteiger charge is -2.20. The number of nitrogens with zero attached hydrogens (tertiary/aromatic N) is 3. The van der Waals surface area contributed by atoms with Gasteiger partial charge in [0.05, 0.1) is 6.54 Å². The molecule has 1 fully saturated rings. The molecule has 1 unspecified atom stereocenters. The van der Waals surface area contributed by atoms with Crippen molar-refractivity contribution >= 4 is 5.96 Å². The molecule has 0 spiro atoms. The molecule has 0 radical (unpaired) electrons. The van der Waals surface area contributed by atoms with Crippen molar-refractivity contribution in [1.29, 1.82) is 0 Å². The Morgan fingerprint density at radius 3 is 2.50 bits per heavy atom. The number of rotatable bonds is 7. The lowest BCUT2D eigenvalue weighted by molar-refractivity contribution is 0.269. The van der Waals surface area contributed by atoms with Crippen molar-refractivity contribution in [2.75, 3.05) is 39.8 Å². The Morgan fingerprint density at radius 2 is 1.81 bits per heavy atom. The van der Waals surface area contributed by atoms with Gasteiger partial charge in [0.2, 0.25) is 0 Å². The molecule has 2 rings (SSSR count). The van der Waals surface area contributed by atoms with Crippen LogP contribution < -0.4 is 10.6 Å². The molecule has 26 heavy (non-hydrogen) atoms. The fraction of sp³-hybridized carbons (Fsp3) is 0.667. The van der Waals surface area contributed by atoms with Crippen LogP contribution in [0.15, 0.2) is 29.3 Å². The van der Waals surface area contributed by atoms with Gasteiger partial charge in [-0.25, -0.2) is 4.99 Å². The van der Waals surface area contributed by atoms with E-state index in [2.05, 4.69) is 72.5 Å². The van der Waals surface area contributed by atoms with Crippen molar-refractivity contribution in [3.63, 3.8) is 0 Å². The summed E-state index contributed by atoms with van der Waals surface area (Å²) >= 11 is 0. The zero-order valence-corrected chi connectivity index (χ0v) is 17.1. The zero-order chi connectivity index (χ0) is 18.8. The molecule has 1 atom stereocenters. The van der Waals surface area contributed by atoms with Crippen LogP contribution in [-0.2, 0) is 13.1 Å². The van der Waals surface area contributed by atoms with Gasteiger partial charge in [-0.2, -0.15) is 0 Å². The minimum atomic E-state index is 0.433. The van der Waals surface area contributed by atoms with E-state index in [9.17, 15) is 0 Å². The first-order chi connectivity index (χ1) is 12.6. The van der Waals surface area contributed by atoms with Crippen LogP contribution in [0.5, 0.6) is 0 Å². The van der Waals surface area contributed by atoms with Crippen LogP contribution >= 0.6 is 0 Å². The second-order valence-electron chi connectivity index (χ2n) is 7.40. The molecular weight excluding hydrogens is 322 g/mol. The minimum absolute atomic E-state index is 0.433. The molecule has 1 aromatic rings. The van der Waals surface area contributed by atoms with Crippen molar-refractivity contribution in [3.8, 4) is 0 Å². The van der Waals surface area contributed by atoms with Crippen molar-refractivity contribution in [2.45, 2.75) is 52.7 Å². The van der Waals surface area contributed by atoms with Gasteiger partial charge in [0.25, 0.3) is 0 Å². The Balaban J connectivity index is 1.88. The molecule has 0 aliphatic carbocycles. The van der Waals surface area contributed by atoms with Gasteiger partial charge < -0.3 is 15.5 Å². The SMILES string of the molecule is CCNC(=NCc1ccc(CN2CCCN(C)CC2)cc1)NC(C)CC. The number of aliphatic imine (C=N–C) groups is 1. The average Bonchev–Trinajstić information content (AvgIpc) is 2.85. The molecule has 5 heteroatoms. The van der Waals surface area contributed by atoms with Crippen LogP contribution in [0.1, 0.15) is 44.7 Å². The van der Waals surface area contributed by atoms with Crippen molar-refractivity contribution < 1.29 is 0 Å². The van der Waals surface area contributed by atoms with Gasteiger partial charge in [0.1, 0.15) is 0 Å². The zero-order valence-electron chi connectivity index (χ0n) is 17.1. The van der Waals surface area contributed by atoms with Crippen LogP contribution in [0.4, 0.5) is 0 Å². The van der Waals surface area contributed by atoms with Crippen LogP contribution in [-0.4, -0.2) is 61.6 Å². The highest BCUT2D eigenvalue weighted by atomic mass is 15.2. The molecule has 0 saturated carbocycles. The van der Waals surface area contributed by atoms with E-state index in [1.54, 1.807) is 0 Å². The number of likely N-dealkylation sites (N-methyl/N-ethyl adjacent to an activating group) is 1. The molecule has 1 aliphatic heterocycles. The van der Waals surface area contributed by atoms with Gasteiger partial charge in [-0.05, 0) is 58.0 Å². The predicted octanol–water partition coefficient (Wildman–Crippen LogP) is 2.68. The van der Waals surface area contributed by atoms with Gasteiger partial charge in [-0.3, -0.25) is 4.90 Å². The Kier molecular flexibility index (Phi) is 8.92. The molecule has 5 nitrogen and oxygen atoms in total. The van der Waals surface area contributed by atoms with Crippen LogP contribution in [0.3, 0.4) is 0 Å². The molecule has 0 aromatic heterocycles. The fourth-order valence-corrected chi connectivity index (χ4v) is 3.09. The first-order valence-corrected chi connectivity index (χ1v) is 10.1. The molecule has 1 heterocycles. The third-order valence-electron chi connectivity index (χ3n) is 5.00. The smallest absolute Gasteiger partial charge is 0.191 e. The quantitative estimate of drug-likeness (QED) is 0.580. The second-order valence-corrected chi connectivity index (χ2v) is 7.40. The lowest BCUT2D eigenvalue weighted by Crippen LogP contribution is -2.41. The Labute approximate surface area is 159 Å². The van der Waals surface area contributed by atoms with E-state index in [0.717, 1.165) is 32.0 Å². The summed E-state index contributed by atoms with van der Waals surface area (Å²) in [4.78, 5) is 9.71. The maximum atomic E-state index is 4.72. The summed E-state index contributed by atoms with van der Waals surface area (Å²) in [6, 6.07) is 9.39. The molecule has 1 saturated heterocycles. The third-order valence-corrected chi connectivity index (χ3v) is 5.00. The van der Waals surface area contributed by atoms with Crippen molar-refractivity contribution in [3.05, 3.63) is 35.4 Å². The van der Waals surface area contributed by atoms with E-state index in [-0.39, 0.29) is 0 Å². The summed E-state index contributed by atoms with van der Waals surface area (Å²) < 4.78 is 0. The molecule has 146 valence electrons. The highest BCUT2D eigenvalue weighted by Gasteiger charge is 2.12. The van der Waals surface area contributed by atoms with E-state index in [0.29, 0.717) is 12.6 Å². The maximum Gasteiger partial charge on any atom is 0.191 e. The normalized spacial score (nSPS) is 18.4. The third kappa shape index (κ3) is 7.34. The Bertz CT molecular complexity index is 540. The second kappa shape index (κ2) is 11.2. The summed E-state index contributed by atoms with van der Waals surface area (Å²) in [7, 11) is 2.22. The number of guanidine groups is 1. The van der Waals surface area contributed by atoms with Crippen molar-refractivity contribution in [2.24, 2.45) is 4.99 Å². The highest BCUT2D eigenvalue weighted by Crippen LogP contribution is 2.11. The molecule has 2 N–H and O–H groups in total. The molecule has 1 aliphatic rings. The van der Waals surface area contributed by atoms with Gasteiger partial charge >= 0.3 is 0 Å². The summed E-state index contributed by atoms with van der Waals surface area (Å²) in [5.74, 6) is 0.902. The van der Waals surface area contributed by atoms with Gasteiger partial charge in [0.15, 0.2) is 5.96 Å². The molecule has 1 aromatic carbocycles. The topological polar surface area (TPSA) is 42.9 Å². The molecule has 0 bridgehead atoms. The van der Waals surface area contributed by atoms with E-state index in [1.165, 1.54) is 37.2 Å². The first-order valence-electron chi connectivity index (χ1n) is 10.1. The molecule has 0 amide bonds. The monoisotopic (exact) mass is 359 g/mol. The summed E-state index contributed by atoms with van der Waals surface area (Å²) in [5.41, 5.74) is 2.65. The van der Waals surface area contributed by atoms with Gasteiger partial charge in [-0.15, -0.1) is 0 Å². The van der Waals surface area contributed by atoms with E-state index in [4.69, 9.17) is 4.99 Å². The maximum absolute atomic E-state index is 4.72. The summed E-state index contributed by atoms with van der Waals surface area (Å²) in [6.07, 6.45) is 2.35. The lowest BCUT2D eigenvalue weighted by atomic mass is 10.1. The fourth-order valence-electron chi connectivity index (χ4n) is 3.09. The van der Waals surface area contributed by atoms with Crippen molar-refractivity contribution in [1.82, 2.24) is 20.4 Å². The van der Waals surface area contributed by atoms with Crippen LogP contribution in [0.2, 0.25) is 0 Å². The average molecular weight is 360 g/mol. The summed E-state index contributed by atoms with van der Waals surface area (Å²) in [5, 5.41) is 6.76. The van der Waals surface area contributed by atoms with Crippen LogP contribution in [0, 0.1) is 0 Å². The van der Waals surface area contributed by atoms with E-state index in [1.807, 2.05) is 0 Å². The Morgan fingerprint density at radius 1 is 1.08 bits per heavy atom. The number of hydrogen-bond acceptors (Lipinski definition) is 3. The van der Waals surface area contributed by atoms with Gasteiger partial charge in [-0.1, -0.05) is 31.2 Å².